The van der Waals surface area contributed by atoms with Crippen LogP contribution in [-0.4, -0.2) is 29.2 Å². The van der Waals surface area contributed by atoms with Crippen LogP contribution in [0.2, 0.25) is 0 Å². The summed E-state index contributed by atoms with van der Waals surface area (Å²) >= 11 is 0. The summed E-state index contributed by atoms with van der Waals surface area (Å²) in [6.07, 6.45) is 7.27. The van der Waals surface area contributed by atoms with E-state index in [4.69, 9.17) is 0 Å². The van der Waals surface area contributed by atoms with Crippen LogP contribution in [0.5, 0.6) is 0 Å². The lowest BCUT2D eigenvalue weighted by Gasteiger charge is -2.43. The van der Waals surface area contributed by atoms with Gasteiger partial charge in [0.1, 0.15) is 0 Å². The number of aryl methyl sites for hydroxylation is 1. The summed E-state index contributed by atoms with van der Waals surface area (Å²) in [5, 5.41) is 11.0. The van der Waals surface area contributed by atoms with Gasteiger partial charge < -0.3 is 5.11 Å². The fraction of sp³-hybridized carbons (Fsp3) is 0.333. The zero-order valence-electron chi connectivity index (χ0n) is 13.6. The number of hydrogen-bond acceptors (Lipinski definition) is 1. The van der Waals surface area contributed by atoms with E-state index in [2.05, 4.69) is 42.5 Å². The van der Waals surface area contributed by atoms with Gasteiger partial charge in [-0.05, 0) is 18.1 Å². The van der Waals surface area contributed by atoms with E-state index < -0.39 is 6.23 Å². The Kier molecular flexibility index (Phi) is 5.27. The van der Waals surface area contributed by atoms with E-state index in [-0.39, 0.29) is 0 Å². The van der Waals surface area contributed by atoms with E-state index in [0.717, 1.165) is 48.9 Å². The predicted octanol–water partition coefficient (Wildman–Crippen LogP) is 4.09. The van der Waals surface area contributed by atoms with Crippen LogP contribution in [-0.2, 0) is 6.42 Å². The Morgan fingerprint density at radius 3 is 2.26 bits per heavy atom. The van der Waals surface area contributed by atoms with Gasteiger partial charge in [-0.2, -0.15) is 0 Å². The Labute approximate surface area is 139 Å². The second-order valence-electron chi connectivity index (χ2n) is 6.48. The number of aliphatic hydroxyl groups is 1. The molecule has 1 aliphatic rings. The third-order valence-corrected chi connectivity index (χ3v) is 4.91. The first kappa shape index (κ1) is 16.0. The standard InChI is InChI=1S/C21H26NO/c23-21(20-14-6-2-7-15-20)22(16-8-3-9-17-22)18-10-13-19-11-4-1-5-12-19/h1-8,11-12,14-15,21,23H,9-10,13,16-18H2/q+1. The minimum atomic E-state index is -0.433. The molecule has 0 spiro atoms. The first-order chi connectivity index (χ1) is 11.3. The van der Waals surface area contributed by atoms with Gasteiger partial charge >= 0.3 is 0 Å². The van der Waals surface area contributed by atoms with E-state index >= 15 is 0 Å². The lowest BCUT2D eigenvalue weighted by molar-refractivity contribution is -0.974. The van der Waals surface area contributed by atoms with Gasteiger partial charge in [-0.3, -0.25) is 4.48 Å². The monoisotopic (exact) mass is 308 g/mol. The molecule has 2 aromatic rings. The highest BCUT2D eigenvalue weighted by Crippen LogP contribution is 2.30. The molecule has 0 amide bonds. The van der Waals surface area contributed by atoms with E-state index in [1.54, 1.807) is 0 Å². The number of benzene rings is 2. The van der Waals surface area contributed by atoms with E-state index in [9.17, 15) is 5.11 Å². The highest BCUT2D eigenvalue weighted by atomic mass is 16.3. The number of rotatable bonds is 6. The van der Waals surface area contributed by atoms with Crippen molar-refractivity contribution in [2.45, 2.75) is 25.5 Å². The molecule has 0 aromatic heterocycles. The number of nitrogens with zero attached hydrogens (tertiary/aromatic N) is 1. The van der Waals surface area contributed by atoms with Crippen molar-refractivity contribution in [1.82, 2.24) is 0 Å². The zero-order valence-corrected chi connectivity index (χ0v) is 13.6. The first-order valence-electron chi connectivity index (χ1n) is 8.58. The van der Waals surface area contributed by atoms with E-state index in [0.29, 0.717) is 0 Å². The van der Waals surface area contributed by atoms with Gasteiger partial charge in [-0.1, -0.05) is 66.7 Å². The summed E-state index contributed by atoms with van der Waals surface area (Å²) in [7, 11) is 0. The van der Waals surface area contributed by atoms with Gasteiger partial charge in [0.05, 0.1) is 19.6 Å². The van der Waals surface area contributed by atoms with Crippen molar-refractivity contribution in [3.8, 4) is 0 Å². The highest BCUT2D eigenvalue weighted by molar-refractivity contribution is 5.16. The summed E-state index contributed by atoms with van der Waals surface area (Å²) in [5.41, 5.74) is 2.41. The summed E-state index contributed by atoms with van der Waals surface area (Å²) in [6.45, 7) is 2.95. The number of hydrogen-bond donors (Lipinski definition) is 1. The van der Waals surface area contributed by atoms with Gasteiger partial charge in [0.25, 0.3) is 0 Å². The maximum Gasteiger partial charge on any atom is 0.217 e. The van der Waals surface area contributed by atoms with Gasteiger partial charge in [0, 0.05) is 18.4 Å². The average molecular weight is 308 g/mol. The van der Waals surface area contributed by atoms with Crippen LogP contribution >= 0.6 is 0 Å². The molecule has 120 valence electrons. The number of quaternary nitrogens is 1. The molecule has 2 nitrogen and oxygen atoms in total. The zero-order chi connectivity index (χ0) is 16.0. The molecule has 0 aliphatic carbocycles. The van der Waals surface area contributed by atoms with Crippen LogP contribution in [0, 0.1) is 0 Å². The molecule has 0 saturated carbocycles. The molecular formula is C21H26NO+. The minimum Gasteiger partial charge on any atom is -0.341 e. The number of aliphatic hydroxyl groups excluding tert-OH is 1. The Bertz CT molecular complexity index is 623. The van der Waals surface area contributed by atoms with E-state index in [1.165, 1.54) is 5.56 Å². The molecule has 2 aromatic carbocycles. The van der Waals surface area contributed by atoms with Crippen molar-refractivity contribution in [3.63, 3.8) is 0 Å². The van der Waals surface area contributed by atoms with E-state index in [1.807, 2.05) is 30.3 Å². The van der Waals surface area contributed by atoms with Crippen molar-refractivity contribution < 1.29 is 9.59 Å². The Morgan fingerprint density at radius 2 is 1.61 bits per heavy atom. The maximum absolute atomic E-state index is 11.0. The molecule has 1 N–H and O–H groups in total. The minimum absolute atomic E-state index is 0.433. The summed E-state index contributed by atoms with van der Waals surface area (Å²) in [6, 6.07) is 20.8. The van der Waals surface area contributed by atoms with Gasteiger partial charge in [-0.15, -0.1) is 0 Å². The topological polar surface area (TPSA) is 20.2 Å². The molecule has 0 fully saturated rings. The molecule has 0 saturated heterocycles. The van der Waals surface area contributed by atoms with Crippen molar-refractivity contribution in [2.24, 2.45) is 0 Å². The molecule has 23 heavy (non-hydrogen) atoms. The van der Waals surface area contributed by atoms with Crippen LogP contribution in [0.15, 0.2) is 72.8 Å². The normalized spacial score (nSPS) is 22.0. The summed E-state index contributed by atoms with van der Waals surface area (Å²) in [4.78, 5) is 0. The molecule has 2 atom stereocenters. The van der Waals surface area contributed by atoms with Gasteiger partial charge in [0.2, 0.25) is 6.23 Å². The third-order valence-electron chi connectivity index (χ3n) is 4.91. The fourth-order valence-corrected chi connectivity index (χ4v) is 3.56. The molecule has 1 heterocycles. The molecule has 0 bridgehead atoms. The Hall–Kier alpha value is -1.90. The smallest absolute Gasteiger partial charge is 0.217 e. The Morgan fingerprint density at radius 1 is 0.913 bits per heavy atom. The molecule has 0 radical (unpaired) electrons. The summed E-state index contributed by atoms with van der Waals surface area (Å²) < 4.78 is 0.757. The van der Waals surface area contributed by atoms with Crippen LogP contribution < -0.4 is 0 Å². The van der Waals surface area contributed by atoms with Crippen molar-refractivity contribution in [1.29, 1.82) is 0 Å². The van der Waals surface area contributed by atoms with Crippen LogP contribution in [0.4, 0.5) is 0 Å². The predicted molar refractivity (Wildman–Crippen MR) is 94.8 cm³/mol. The molecule has 2 unspecified atom stereocenters. The first-order valence-corrected chi connectivity index (χ1v) is 8.58. The van der Waals surface area contributed by atoms with Crippen LogP contribution in [0.3, 0.4) is 0 Å². The van der Waals surface area contributed by atoms with Crippen molar-refractivity contribution >= 4 is 0 Å². The molecule has 3 rings (SSSR count). The van der Waals surface area contributed by atoms with Crippen molar-refractivity contribution in [3.05, 3.63) is 83.9 Å². The van der Waals surface area contributed by atoms with Gasteiger partial charge in [-0.25, -0.2) is 0 Å². The molecule has 2 heteroatoms. The second kappa shape index (κ2) is 7.58. The van der Waals surface area contributed by atoms with Crippen molar-refractivity contribution in [2.75, 3.05) is 19.6 Å². The SMILES string of the molecule is OC(c1ccccc1)[N+]1(CCCc2ccccc2)CC=CCC1. The fourth-order valence-electron chi connectivity index (χ4n) is 3.56. The summed E-state index contributed by atoms with van der Waals surface area (Å²) in [5.74, 6) is 0. The Balaban J connectivity index is 1.71. The quantitative estimate of drug-likeness (QED) is 0.629. The lowest BCUT2D eigenvalue weighted by atomic mass is 10.0. The second-order valence-corrected chi connectivity index (χ2v) is 6.48. The highest BCUT2D eigenvalue weighted by Gasteiger charge is 2.36. The largest absolute Gasteiger partial charge is 0.341 e. The molecule has 1 aliphatic heterocycles. The third kappa shape index (κ3) is 3.90. The maximum atomic E-state index is 11.0. The van der Waals surface area contributed by atoms with Gasteiger partial charge in [0.15, 0.2) is 0 Å². The van der Waals surface area contributed by atoms with Crippen LogP contribution in [0.1, 0.15) is 30.2 Å². The lowest BCUT2D eigenvalue weighted by Crippen LogP contribution is -2.53. The average Bonchev–Trinajstić information content (AvgIpc) is 2.63. The van der Waals surface area contributed by atoms with Crippen LogP contribution in [0.25, 0.3) is 0 Å². The molecular weight excluding hydrogens is 282 g/mol.